The Hall–Kier alpha value is -1.06. The van der Waals surface area contributed by atoms with E-state index in [1.54, 1.807) is 0 Å². The van der Waals surface area contributed by atoms with Gasteiger partial charge in [-0.25, -0.2) is 0 Å². The number of hydrogen-bond donors (Lipinski definition) is 1. The van der Waals surface area contributed by atoms with Crippen molar-refractivity contribution in [3.05, 3.63) is 30.3 Å². The molecule has 0 bridgehead atoms. The Morgan fingerprint density at radius 1 is 1.29 bits per heavy atom. The molecule has 1 N–H and O–H groups in total. The van der Waals surface area contributed by atoms with E-state index in [-0.39, 0.29) is 0 Å². The third kappa shape index (κ3) is 5.68. The van der Waals surface area contributed by atoms with Gasteiger partial charge in [0.15, 0.2) is 0 Å². The van der Waals surface area contributed by atoms with Gasteiger partial charge in [-0.2, -0.15) is 0 Å². The molecule has 2 rings (SSSR count). The summed E-state index contributed by atoms with van der Waals surface area (Å²) < 4.78 is 11.4. The minimum Gasteiger partial charge on any atom is -0.494 e. The minimum absolute atomic E-state index is 0.314. The van der Waals surface area contributed by atoms with Gasteiger partial charge in [-0.3, -0.25) is 0 Å². The fourth-order valence-corrected chi connectivity index (χ4v) is 2.85. The summed E-state index contributed by atoms with van der Waals surface area (Å²) in [6, 6.07) is 10.1. The Morgan fingerprint density at radius 2 is 2.10 bits per heavy atom. The zero-order valence-corrected chi connectivity index (χ0v) is 13.4. The third-order valence-corrected chi connectivity index (χ3v) is 4.10. The number of rotatable bonds is 9. The average Bonchev–Trinajstić information content (AvgIpc) is 2.94. The normalized spacial score (nSPS) is 21.9. The molecular weight excluding hydrogens is 262 g/mol. The van der Waals surface area contributed by atoms with Crippen LogP contribution in [0.2, 0.25) is 0 Å². The summed E-state index contributed by atoms with van der Waals surface area (Å²) in [5.41, 5.74) is 0.314. The lowest BCUT2D eigenvalue weighted by molar-refractivity contribution is 0.137. The number of nitrogens with one attached hydrogen (secondary N) is 1. The molecule has 1 aliphatic rings. The van der Waals surface area contributed by atoms with Gasteiger partial charge < -0.3 is 14.8 Å². The zero-order chi connectivity index (χ0) is 15.0. The second-order valence-electron chi connectivity index (χ2n) is 6.59. The summed E-state index contributed by atoms with van der Waals surface area (Å²) in [5, 5.41) is 3.61. The molecule has 0 radical (unpaired) electrons. The summed E-state index contributed by atoms with van der Waals surface area (Å²) in [5.74, 6) is 1.66. The van der Waals surface area contributed by atoms with Crippen LogP contribution in [-0.2, 0) is 4.74 Å². The molecule has 1 unspecified atom stereocenters. The van der Waals surface area contributed by atoms with Crippen molar-refractivity contribution in [2.45, 2.75) is 33.1 Å². The molecular formula is C18H29NO2. The molecule has 0 aromatic heterocycles. The first-order valence-corrected chi connectivity index (χ1v) is 8.17. The first-order chi connectivity index (χ1) is 10.2. The van der Waals surface area contributed by atoms with Crippen LogP contribution in [-0.4, -0.2) is 32.9 Å². The Labute approximate surface area is 129 Å². The van der Waals surface area contributed by atoms with Crippen molar-refractivity contribution >= 4 is 0 Å². The molecule has 21 heavy (non-hydrogen) atoms. The Bertz CT molecular complexity index is 385. The fraction of sp³-hybridized carbons (Fsp3) is 0.667. The SMILES string of the molecule is CC(C)CNCC1(CCCOc2ccccc2)CCOC1. The second-order valence-corrected chi connectivity index (χ2v) is 6.59. The van der Waals surface area contributed by atoms with Gasteiger partial charge >= 0.3 is 0 Å². The smallest absolute Gasteiger partial charge is 0.119 e. The minimum atomic E-state index is 0.314. The van der Waals surface area contributed by atoms with Crippen LogP contribution in [0.5, 0.6) is 5.75 Å². The number of ether oxygens (including phenoxy) is 2. The van der Waals surface area contributed by atoms with Crippen LogP contribution in [0.1, 0.15) is 33.1 Å². The first-order valence-electron chi connectivity index (χ1n) is 8.17. The van der Waals surface area contributed by atoms with Crippen molar-refractivity contribution in [3.8, 4) is 5.75 Å². The zero-order valence-electron chi connectivity index (χ0n) is 13.4. The molecule has 1 fully saturated rings. The van der Waals surface area contributed by atoms with Crippen LogP contribution in [0.25, 0.3) is 0 Å². The second kappa shape index (κ2) is 8.40. The Balaban J connectivity index is 1.70. The van der Waals surface area contributed by atoms with Gasteiger partial charge in [0.25, 0.3) is 0 Å². The van der Waals surface area contributed by atoms with Crippen molar-refractivity contribution < 1.29 is 9.47 Å². The summed E-state index contributed by atoms with van der Waals surface area (Å²) in [6.07, 6.45) is 3.43. The fourth-order valence-electron chi connectivity index (χ4n) is 2.85. The van der Waals surface area contributed by atoms with Crippen molar-refractivity contribution in [1.29, 1.82) is 0 Å². The predicted octanol–water partition coefficient (Wildman–Crippen LogP) is 3.50. The van der Waals surface area contributed by atoms with Crippen molar-refractivity contribution in [1.82, 2.24) is 5.32 Å². The monoisotopic (exact) mass is 291 g/mol. The van der Waals surface area contributed by atoms with E-state index in [0.717, 1.165) is 45.1 Å². The number of benzene rings is 1. The van der Waals surface area contributed by atoms with E-state index in [0.29, 0.717) is 11.3 Å². The summed E-state index contributed by atoms with van der Waals surface area (Å²) in [7, 11) is 0. The molecule has 0 aliphatic carbocycles. The molecule has 0 saturated carbocycles. The topological polar surface area (TPSA) is 30.5 Å². The van der Waals surface area contributed by atoms with Gasteiger partial charge in [-0.1, -0.05) is 32.0 Å². The molecule has 3 nitrogen and oxygen atoms in total. The highest BCUT2D eigenvalue weighted by Crippen LogP contribution is 2.33. The molecule has 1 heterocycles. The van der Waals surface area contributed by atoms with E-state index in [4.69, 9.17) is 9.47 Å². The standard InChI is InChI=1S/C18H29NO2/c1-16(2)13-19-14-18(10-12-20-15-18)9-6-11-21-17-7-4-3-5-8-17/h3-5,7-8,16,19H,6,9-15H2,1-2H3. The summed E-state index contributed by atoms with van der Waals surface area (Å²) in [4.78, 5) is 0. The highest BCUT2D eigenvalue weighted by Gasteiger charge is 2.33. The van der Waals surface area contributed by atoms with Crippen LogP contribution in [0.4, 0.5) is 0 Å². The van der Waals surface area contributed by atoms with Gasteiger partial charge in [-0.15, -0.1) is 0 Å². The van der Waals surface area contributed by atoms with Crippen LogP contribution in [0, 0.1) is 11.3 Å². The molecule has 1 atom stereocenters. The highest BCUT2D eigenvalue weighted by molar-refractivity contribution is 5.20. The molecule has 118 valence electrons. The van der Waals surface area contributed by atoms with E-state index in [1.165, 1.54) is 12.8 Å². The van der Waals surface area contributed by atoms with E-state index in [2.05, 4.69) is 19.2 Å². The largest absolute Gasteiger partial charge is 0.494 e. The maximum Gasteiger partial charge on any atom is 0.119 e. The third-order valence-electron chi connectivity index (χ3n) is 4.10. The van der Waals surface area contributed by atoms with Gasteiger partial charge in [-0.05, 0) is 43.9 Å². The first kappa shape index (κ1) is 16.3. The van der Waals surface area contributed by atoms with Crippen molar-refractivity contribution in [2.24, 2.45) is 11.3 Å². The molecule has 3 heteroatoms. The average molecular weight is 291 g/mol. The van der Waals surface area contributed by atoms with Crippen molar-refractivity contribution in [3.63, 3.8) is 0 Å². The maximum absolute atomic E-state index is 5.79. The molecule has 1 aromatic carbocycles. The van der Waals surface area contributed by atoms with Gasteiger partial charge in [0, 0.05) is 18.6 Å². The molecule has 0 amide bonds. The van der Waals surface area contributed by atoms with Gasteiger partial charge in [0.05, 0.1) is 13.2 Å². The maximum atomic E-state index is 5.79. The quantitative estimate of drug-likeness (QED) is 0.706. The Kier molecular flexibility index (Phi) is 6.52. The number of hydrogen-bond acceptors (Lipinski definition) is 3. The summed E-state index contributed by atoms with van der Waals surface area (Å²) in [6.45, 7) is 9.23. The highest BCUT2D eigenvalue weighted by atomic mass is 16.5. The Morgan fingerprint density at radius 3 is 2.76 bits per heavy atom. The van der Waals surface area contributed by atoms with E-state index < -0.39 is 0 Å². The summed E-state index contributed by atoms with van der Waals surface area (Å²) >= 11 is 0. The predicted molar refractivity (Wildman–Crippen MR) is 86.7 cm³/mol. The van der Waals surface area contributed by atoms with Crippen LogP contribution in [0.15, 0.2) is 30.3 Å². The number of para-hydroxylation sites is 1. The van der Waals surface area contributed by atoms with E-state index >= 15 is 0 Å². The lowest BCUT2D eigenvalue weighted by atomic mass is 9.82. The van der Waals surface area contributed by atoms with Crippen LogP contribution < -0.4 is 10.1 Å². The van der Waals surface area contributed by atoms with E-state index in [1.807, 2.05) is 30.3 Å². The van der Waals surface area contributed by atoms with Gasteiger partial charge in [0.1, 0.15) is 5.75 Å². The molecule has 1 aromatic rings. The lowest BCUT2D eigenvalue weighted by Crippen LogP contribution is -2.36. The molecule has 0 spiro atoms. The van der Waals surface area contributed by atoms with Crippen molar-refractivity contribution in [2.75, 3.05) is 32.9 Å². The van der Waals surface area contributed by atoms with Crippen LogP contribution in [0.3, 0.4) is 0 Å². The molecule has 1 aliphatic heterocycles. The lowest BCUT2D eigenvalue weighted by Gasteiger charge is -2.28. The van der Waals surface area contributed by atoms with Crippen LogP contribution >= 0.6 is 0 Å². The van der Waals surface area contributed by atoms with E-state index in [9.17, 15) is 0 Å². The molecule has 1 saturated heterocycles. The van der Waals surface area contributed by atoms with Gasteiger partial charge in [0.2, 0.25) is 0 Å².